The highest BCUT2D eigenvalue weighted by atomic mass is 32.2. The van der Waals surface area contributed by atoms with E-state index in [1.165, 1.54) is 0 Å². The third-order valence-electron chi connectivity index (χ3n) is 5.25. The normalized spacial score (nSPS) is 20.4. The number of carboxylic acid groups (broad SMARTS) is 1. The maximum Gasteiger partial charge on any atom is 0.318 e. The lowest BCUT2D eigenvalue weighted by Crippen LogP contribution is -2.46. The minimum Gasteiger partial charge on any atom is -0.487 e. The zero-order valence-corrected chi connectivity index (χ0v) is 16.0. The largest absolute Gasteiger partial charge is 0.487 e. The van der Waals surface area contributed by atoms with Crippen molar-refractivity contribution in [2.75, 3.05) is 6.54 Å². The van der Waals surface area contributed by atoms with Crippen molar-refractivity contribution < 1.29 is 23.1 Å². The van der Waals surface area contributed by atoms with E-state index in [1.54, 1.807) is 6.92 Å². The highest BCUT2D eigenvalue weighted by Crippen LogP contribution is 2.46. The van der Waals surface area contributed by atoms with Gasteiger partial charge < -0.3 is 9.84 Å². The first-order chi connectivity index (χ1) is 11.6. The molecule has 2 N–H and O–H groups in total. The van der Waals surface area contributed by atoms with E-state index >= 15 is 0 Å². The van der Waals surface area contributed by atoms with Crippen LogP contribution in [0.5, 0.6) is 5.75 Å². The summed E-state index contributed by atoms with van der Waals surface area (Å²) in [6, 6.07) is 5.83. The maximum atomic E-state index is 12.6. The Morgan fingerprint density at radius 3 is 2.60 bits per heavy atom. The number of rotatable bonds is 7. The van der Waals surface area contributed by atoms with Gasteiger partial charge in [0.2, 0.25) is 10.0 Å². The highest BCUT2D eigenvalue weighted by molar-refractivity contribution is 7.90. The van der Waals surface area contributed by atoms with E-state index in [2.05, 4.69) is 4.72 Å². The number of aliphatic carboxylic acids is 1. The Hall–Kier alpha value is -1.60. The van der Waals surface area contributed by atoms with Crippen LogP contribution in [0.3, 0.4) is 0 Å². The molecule has 7 heteroatoms. The van der Waals surface area contributed by atoms with E-state index in [0.717, 1.165) is 29.7 Å². The quantitative estimate of drug-likeness (QED) is 0.771. The van der Waals surface area contributed by atoms with E-state index in [1.807, 2.05) is 39.0 Å². The second kappa shape index (κ2) is 7.33. The molecule has 1 heterocycles. The van der Waals surface area contributed by atoms with Crippen molar-refractivity contribution in [3.8, 4) is 5.75 Å². The Morgan fingerprint density at radius 1 is 1.40 bits per heavy atom. The lowest BCUT2D eigenvalue weighted by molar-refractivity contribution is -0.135. The lowest BCUT2D eigenvalue weighted by atomic mass is 9.78. The molecule has 1 aromatic carbocycles. The average Bonchev–Trinajstić information content (AvgIpc) is 2.58. The molecule has 0 radical (unpaired) electrons. The molecule has 2 rings (SSSR count). The predicted octanol–water partition coefficient (Wildman–Crippen LogP) is 2.81. The number of hydrogen-bond donors (Lipinski definition) is 2. The molecule has 0 bridgehead atoms. The zero-order chi connectivity index (χ0) is 18.8. The Labute approximate surface area is 149 Å². The summed E-state index contributed by atoms with van der Waals surface area (Å²) >= 11 is 0. The molecule has 140 valence electrons. The lowest BCUT2D eigenvalue weighted by Gasteiger charge is -2.43. The molecule has 0 saturated carbocycles. The molecular weight excluding hydrogens is 342 g/mol. The van der Waals surface area contributed by atoms with Gasteiger partial charge in [0.25, 0.3) is 0 Å². The van der Waals surface area contributed by atoms with Gasteiger partial charge in [-0.1, -0.05) is 31.5 Å². The molecule has 25 heavy (non-hydrogen) atoms. The van der Waals surface area contributed by atoms with Crippen molar-refractivity contribution in [3.63, 3.8) is 0 Å². The van der Waals surface area contributed by atoms with Crippen LogP contribution in [0.4, 0.5) is 0 Å². The van der Waals surface area contributed by atoms with Crippen LogP contribution in [0.1, 0.15) is 57.1 Å². The molecule has 0 spiro atoms. The summed E-state index contributed by atoms with van der Waals surface area (Å²) < 4.78 is 33.7. The number of ether oxygens (including phenoxy) is 1. The maximum absolute atomic E-state index is 12.6. The van der Waals surface area contributed by atoms with E-state index < -0.39 is 33.4 Å². The van der Waals surface area contributed by atoms with Gasteiger partial charge in [0.1, 0.15) is 17.9 Å². The monoisotopic (exact) mass is 369 g/mol. The van der Waals surface area contributed by atoms with E-state index in [-0.39, 0.29) is 5.92 Å². The number of nitrogens with one attached hydrogen (secondary N) is 1. The fourth-order valence-corrected chi connectivity index (χ4v) is 4.71. The van der Waals surface area contributed by atoms with Gasteiger partial charge in [0.05, 0.1) is 5.25 Å². The molecule has 1 aliphatic rings. The first-order valence-corrected chi connectivity index (χ1v) is 10.2. The molecule has 0 amide bonds. The van der Waals surface area contributed by atoms with Gasteiger partial charge in [-0.05, 0) is 44.7 Å². The van der Waals surface area contributed by atoms with Crippen LogP contribution in [0.2, 0.25) is 0 Å². The van der Waals surface area contributed by atoms with Crippen molar-refractivity contribution in [1.29, 1.82) is 0 Å². The van der Waals surface area contributed by atoms with Gasteiger partial charge in [0.15, 0.2) is 0 Å². The van der Waals surface area contributed by atoms with Crippen molar-refractivity contribution in [2.45, 2.75) is 63.7 Å². The summed E-state index contributed by atoms with van der Waals surface area (Å²) in [5.74, 6) is -0.726. The van der Waals surface area contributed by atoms with Crippen molar-refractivity contribution in [3.05, 3.63) is 29.3 Å². The number of carbonyl (C=O) groups is 1. The number of carboxylic acids is 1. The van der Waals surface area contributed by atoms with E-state index in [4.69, 9.17) is 9.84 Å². The van der Waals surface area contributed by atoms with Crippen LogP contribution >= 0.6 is 0 Å². The van der Waals surface area contributed by atoms with Crippen LogP contribution in [-0.2, 0) is 14.8 Å². The molecule has 1 aliphatic heterocycles. The van der Waals surface area contributed by atoms with Crippen LogP contribution in [0.25, 0.3) is 0 Å². The smallest absolute Gasteiger partial charge is 0.318 e. The van der Waals surface area contributed by atoms with Crippen molar-refractivity contribution in [2.24, 2.45) is 0 Å². The topological polar surface area (TPSA) is 92.7 Å². The summed E-state index contributed by atoms with van der Waals surface area (Å²) in [4.78, 5) is 10.7. The molecule has 2 unspecified atom stereocenters. The van der Waals surface area contributed by atoms with E-state index in [0.29, 0.717) is 6.42 Å². The van der Waals surface area contributed by atoms with Gasteiger partial charge in [-0.3, -0.25) is 4.79 Å². The first-order valence-electron chi connectivity index (χ1n) is 8.64. The SMILES string of the molecule is CCC1(CC)CC(C(C)S(=O)(=O)NCC(=O)O)c2cc(C)ccc2O1. The van der Waals surface area contributed by atoms with Crippen LogP contribution in [0, 0.1) is 6.92 Å². The summed E-state index contributed by atoms with van der Waals surface area (Å²) in [5.41, 5.74) is 1.52. The number of hydrogen-bond acceptors (Lipinski definition) is 4. The Morgan fingerprint density at radius 2 is 2.04 bits per heavy atom. The first kappa shape index (κ1) is 19.7. The molecular formula is C18H27NO5S. The third kappa shape index (κ3) is 4.15. The molecule has 0 aromatic heterocycles. The van der Waals surface area contributed by atoms with E-state index in [9.17, 15) is 13.2 Å². The second-order valence-corrected chi connectivity index (χ2v) is 8.93. The Bertz CT molecular complexity index is 740. The minimum absolute atomic E-state index is 0.255. The van der Waals surface area contributed by atoms with Crippen molar-refractivity contribution in [1.82, 2.24) is 4.72 Å². The van der Waals surface area contributed by atoms with Crippen LogP contribution in [-0.4, -0.2) is 36.9 Å². The fourth-order valence-electron chi connectivity index (χ4n) is 3.45. The zero-order valence-electron chi connectivity index (χ0n) is 15.2. The van der Waals surface area contributed by atoms with Crippen LogP contribution in [0.15, 0.2) is 18.2 Å². The van der Waals surface area contributed by atoms with Crippen molar-refractivity contribution >= 4 is 16.0 Å². The number of fused-ring (bicyclic) bond motifs is 1. The van der Waals surface area contributed by atoms with Crippen LogP contribution < -0.4 is 9.46 Å². The number of benzene rings is 1. The predicted molar refractivity (Wildman–Crippen MR) is 96.5 cm³/mol. The number of sulfonamides is 1. The summed E-state index contributed by atoms with van der Waals surface area (Å²) in [7, 11) is -3.76. The molecule has 0 aliphatic carbocycles. The molecule has 2 atom stereocenters. The molecule has 6 nitrogen and oxygen atoms in total. The van der Waals surface area contributed by atoms with Gasteiger partial charge in [-0.25, -0.2) is 13.1 Å². The summed E-state index contributed by atoms with van der Waals surface area (Å²) in [5, 5.41) is 8.02. The van der Waals surface area contributed by atoms with Gasteiger partial charge in [-0.15, -0.1) is 0 Å². The standard InChI is InChI=1S/C18H27NO5S/c1-5-18(6-2)10-15(13(4)25(22,23)19-11-17(20)21)14-9-12(3)7-8-16(14)24-18/h7-9,13,15,19H,5-6,10-11H2,1-4H3,(H,20,21). The fraction of sp³-hybridized carbons (Fsp3) is 0.611. The molecule has 0 saturated heterocycles. The van der Waals surface area contributed by atoms with Gasteiger partial charge >= 0.3 is 5.97 Å². The summed E-state index contributed by atoms with van der Waals surface area (Å²) in [6.07, 6.45) is 2.15. The Balaban J connectivity index is 2.44. The third-order valence-corrected chi connectivity index (χ3v) is 7.11. The minimum atomic E-state index is -3.76. The summed E-state index contributed by atoms with van der Waals surface area (Å²) in [6.45, 7) is 7.08. The highest BCUT2D eigenvalue weighted by Gasteiger charge is 2.43. The molecule has 0 fully saturated rings. The number of aryl methyl sites for hydroxylation is 1. The Kier molecular flexibility index (Phi) is 5.79. The second-order valence-electron chi connectivity index (χ2n) is 6.81. The molecule has 1 aromatic rings. The van der Waals surface area contributed by atoms with Gasteiger partial charge in [-0.2, -0.15) is 0 Å². The van der Waals surface area contributed by atoms with Gasteiger partial charge in [0, 0.05) is 5.92 Å². The average molecular weight is 369 g/mol.